The Morgan fingerprint density at radius 2 is 1.77 bits per heavy atom. The monoisotopic (exact) mass is 312 g/mol. The first-order valence-corrected chi connectivity index (χ1v) is 6.40. The third-order valence-corrected chi connectivity index (χ3v) is 3.04. The lowest BCUT2D eigenvalue weighted by Crippen LogP contribution is -2.46. The molecule has 0 saturated heterocycles. The van der Waals surface area contributed by atoms with Crippen LogP contribution in [-0.4, -0.2) is 39.2 Å². The molecule has 120 valence electrons. The third kappa shape index (κ3) is 4.98. The average molecular weight is 312 g/mol. The third-order valence-electron chi connectivity index (χ3n) is 3.04. The number of nitrogens with two attached hydrogens (primary N) is 1. The zero-order valence-electron chi connectivity index (χ0n) is 11.5. The number of nitrogens with zero attached hydrogens (tertiary/aromatic N) is 2. The van der Waals surface area contributed by atoms with Crippen LogP contribution in [0.3, 0.4) is 0 Å². The Balaban J connectivity index is 2.85. The summed E-state index contributed by atoms with van der Waals surface area (Å²) in [6.07, 6.45) is -2.24. The lowest BCUT2D eigenvalue weighted by molar-refractivity contribution is -0.612. The molecular formula is C12H16N4O6. The molecule has 10 nitrogen and oxygen atoms in total. The lowest BCUT2D eigenvalue weighted by Gasteiger charge is -2.17. The van der Waals surface area contributed by atoms with Gasteiger partial charge in [0.15, 0.2) is 0 Å². The summed E-state index contributed by atoms with van der Waals surface area (Å²) >= 11 is 0. The second kappa shape index (κ2) is 7.88. The van der Waals surface area contributed by atoms with Crippen LogP contribution in [0.2, 0.25) is 0 Å². The number of benzene rings is 1. The van der Waals surface area contributed by atoms with Crippen molar-refractivity contribution in [3.05, 3.63) is 50.6 Å². The van der Waals surface area contributed by atoms with Gasteiger partial charge in [0.1, 0.15) is 6.04 Å². The fourth-order valence-electron chi connectivity index (χ4n) is 1.85. The van der Waals surface area contributed by atoms with Gasteiger partial charge in [-0.3, -0.25) is 25.0 Å². The molecule has 0 bridgehead atoms. The molecule has 0 saturated carbocycles. The summed E-state index contributed by atoms with van der Waals surface area (Å²) in [5.74, 6) is -1.31. The van der Waals surface area contributed by atoms with Crippen LogP contribution in [0.1, 0.15) is 12.8 Å². The van der Waals surface area contributed by atoms with E-state index in [9.17, 15) is 25.0 Å². The first kappa shape index (κ1) is 17.3. The van der Waals surface area contributed by atoms with Crippen molar-refractivity contribution in [2.75, 3.05) is 5.32 Å². The Hall–Kier alpha value is -2.75. The molecule has 3 atom stereocenters. The molecule has 0 aliphatic heterocycles. The Labute approximate surface area is 125 Å². The largest absolute Gasteiger partial charge is 0.480 e. The number of aliphatic carboxylic acids is 1. The van der Waals surface area contributed by atoms with Gasteiger partial charge in [0, 0.05) is 17.0 Å². The molecule has 2 unspecified atom stereocenters. The van der Waals surface area contributed by atoms with E-state index >= 15 is 0 Å². The number of rotatable bonds is 9. The van der Waals surface area contributed by atoms with Crippen LogP contribution in [-0.2, 0) is 4.79 Å². The van der Waals surface area contributed by atoms with Gasteiger partial charge in [-0.2, -0.15) is 0 Å². The molecule has 4 N–H and O–H groups in total. The Morgan fingerprint density at radius 3 is 2.23 bits per heavy atom. The van der Waals surface area contributed by atoms with E-state index in [0.717, 1.165) is 0 Å². The minimum absolute atomic E-state index is 0.234. The summed E-state index contributed by atoms with van der Waals surface area (Å²) in [6.45, 7) is 0. The topological polar surface area (TPSA) is 162 Å². The second-order valence-corrected chi connectivity index (χ2v) is 4.62. The maximum Gasteiger partial charge on any atom is 0.351 e. The fraction of sp³-hybridized carbons (Fsp3) is 0.417. The van der Waals surface area contributed by atoms with Crippen LogP contribution in [0.25, 0.3) is 0 Å². The van der Waals surface area contributed by atoms with Crippen molar-refractivity contribution < 1.29 is 19.7 Å². The molecule has 0 fully saturated rings. The van der Waals surface area contributed by atoms with E-state index < -0.39 is 34.1 Å². The Kier molecular flexibility index (Phi) is 6.20. The number of nitro groups is 2. The van der Waals surface area contributed by atoms with Gasteiger partial charge in [-0.25, -0.2) is 0 Å². The van der Waals surface area contributed by atoms with Crippen molar-refractivity contribution in [1.29, 1.82) is 0 Å². The van der Waals surface area contributed by atoms with Gasteiger partial charge in [-0.05, 0) is 18.6 Å². The highest BCUT2D eigenvalue weighted by Gasteiger charge is 2.41. The number of carboxylic acid groups (broad SMARTS) is 1. The van der Waals surface area contributed by atoms with Crippen LogP contribution in [0, 0.1) is 20.2 Å². The zero-order chi connectivity index (χ0) is 16.7. The van der Waals surface area contributed by atoms with Gasteiger partial charge in [0.05, 0.1) is 4.92 Å². The molecule has 1 rings (SSSR count). The minimum atomic E-state index is -1.68. The van der Waals surface area contributed by atoms with Crippen molar-refractivity contribution >= 4 is 11.7 Å². The predicted molar refractivity (Wildman–Crippen MR) is 76.5 cm³/mol. The molecule has 0 radical (unpaired) electrons. The molecule has 0 amide bonds. The first-order chi connectivity index (χ1) is 10.3. The molecule has 0 heterocycles. The smallest absolute Gasteiger partial charge is 0.351 e. The quantitative estimate of drug-likeness (QED) is 0.338. The van der Waals surface area contributed by atoms with Crippen molar-refractivity contribution in [2.45, 2.75) is 31.1 Å². The highest BCUT2D eigenvalue weighted by molar-refractivity contribution is 5.72. The highest BCUT2D eigenvalue weighted by Crippen LogP contribution is 2.15. The molecule has 0 aliphatic carbocycles. The number of hydrogen-bond acceptors (Lipinski definition) is 7. The van der Waals surface area contributed by atoms with E-state index in [-0.39, 0.29) is 12.8 Å². The van der Waals surface area contributed by atoms with Crippen molar-refractivity contribution in [1.82, 2.24) is 0 Å². The van der Waals surface area contributed by atoms with Crippen LogP contribution < -0.4 is 11.1 Å². The molecule has 1 aromatic carbocycles. The SMILES string of the molecule is N[C@@H](CCC(C(Nc1ccccc1)[N+](=O)[O-])[N+](=O)[O-])C(=O)O. The zero-order valence-corrected chi connectivity index (χ0v) is 11.5. The molecule has 0 aliphatic rings. The van der Waals surface area contributed by atoms with E-state index in [4.69, 9.17) is 10.8 Å². The lowest BCUT2D eigenvalue weighted by atomic mass is 10.0. The number of anilines is 1. The van der Waals surface area contributed by atoms with Gasteiger partial charge in [-0.1, -0.05) is 18.2 Å². The molecule has 0 aromatic heterocycles. The summed E-state index contributed by atoms with van der Waals surface area (Å²) in [7, 11) is 0. The molecule has 1 aromatic rings. The highest BCUT2D eigenvalue weighted by atomic mass is 16.6. The Morgan fingerprint density at radius 1 is 1.18 bits per heavy atom. The van der Waals surface area contributed by atoms with E-state index in [2.05, 4.69) is 5.32 Å². The van der Waals surface area contributed by atoms with Crippen LogP contribution in [0.15, 0.2) is 30.3 Å². The first-order valence-electron chi connectivity index (χ1n) is 6.40. The van der Waals surface area contributed by atoms with Crippen LogP contribution in [0.4, 0.5) is 5.69 Å². The van der Waals surface area contributed by atoms with Gasteiger partial charge >= 0.3 is 12.1 Å². The van der Waals surface area contributed by atoms with Gasteiger partial charge < -0.3 is 16.2 Å². The summed E-state index contributed by atoms with van der Waals surface area (Å²) in [4.78, 5) is 31.2. The van der Waals surface area contributed by atoms with E-state index in [0.29, 0.717) is 5.69 Å². The predicted octanol–water partition coefficient (Wildman–Crippen LogP) is 0.539. The molecular weight excluding hydrogens is 296 g/mol. The van der Waals surface area contributed by atoms with Crippen molar-refractivity contribution in [2.24, 2.45) is 5.73 Å². The Bertz CT molecular complexity index is 538. The fourth-order valence-corrected chi connectivity index (χ4v) is 1.85. The number of nitrogens with one attached hydrogen (secondary N) is 1. The van der Waals surface area contributed by atoms with Crippen LogP contribution in [0.5, 0.6) is 0 Å². The normalized spacial score (nSPS) is 14.6. The molecule has 22 heavy (non-hydrogen) atoms. The number of carboxylic acids is 1. The van der Waals surface area contributed by atoms with Gasteiger partial charge in [0.2, 0.25) is 0 Å². The average Bonchev–Trinajstić information content (AvgIpc) is 2.46. The standard InChI is InChI=1S/C12H16N4O6/c13-9(12(17)18)6-7-10(15(19)20)11(16(21)22)14-8-4-2-1-3-5-8/h1-5,9-11,14H,6-7,13H2,(H,17,18)/t9-,10?,11?/m0/s1. The molecule has 0 spiro atoms. The number of carbonyl (C=O) groups is 1. The van der Waals surface area contributed by atoms with E-state index in [1.165, 1.54) is 12.1 Å². The van der Waals surface area contributed by atoms with Crippen molar-refractivity contribution in [3.63, 3.8) is 0 Å². The minimum Gasteiger partial charge on any atom is -0.480 e. The van der Waals surface area contributed by atoms with Crippen molar-refractivity contribution in [3.8, 4) is 0 Å². The summed E-state index contributed by atoms with van der Waals surface area (Å²) in [5.41, 5.74) is 5.64. The van der Waals surface area contributed by atoms with Gasteiger partial charge in [-0.15, -0.1) is 0 Å². The number of para-hydroxylation sites is 1. The van der Waals surface area contributed by atoms with Crippen LogP contribution >= 0.6 is 0 Å². The number of hydrogen-bond donors (Lipinski definition) is 3. The van der Waals surface area contributed by atoms with E-state index in [1.54, 1.807) is 18.2 Å². The van der Waals surface area contributed by atoms with Gasteiger partial charge in [0.25, 0.3) is 6.04 Å². The van der Waals surface area contributed by atoms with E-state index in [1.807, 2.05) is 0 Å². The summed E-state index contributed by atoms with van der Waals surface area (Å²) in [6, 6.07) is 5.13. The maximum atomic E-state index is 11.1. The summed E-state index contributed by atoms with van der Waals surface area (Å²) in [5, 5.41) is 33.4. The maximum absolute atomic E-state index is 11.1. The summed E-state index contributed by atoms with van der Waals surface area (Å²) < 4.78 is 0. The molecule has 10 heteroatoms. The second-order valence-electron chi connectivity index (χ2n) is 4.62.